The number of anilines is 2. The Morgan fingerprint density at radius 2 is 2.00 bits per heavy atom. The van der Waals surface area contributed by atoms with E-state index in [1.807, 2.05) is 12.1 Å². The number of hydrogen-bond donors (Lipinski definition) is 1. The molecule has 2 rings (SSSR count). The molecule has 0 amide bonds. The summed E-state index contributed by atoms with van der Waals surface area (Å²) in [5.41, 5.74) is 1.66. The zero-order chi connectivity index (χ0) is 13.7. The van der Waals surface area contributed by atoms with Gasteiger partial charge in [0, 0.05) is 24.8 Å². The van der Waals surface area contributed by atoms with Gasteiger partial charge in [0.15, 0.2) is 0 Å². The zero-order valence-electron chi connectivity index (χ0n) is 12.1. The van der Waals surface area contributed by atoms with Crippen LogP contribution in [0.15, 0.2) is 18.2 Å². The standard InChI is InChI=1S/C16H25FN2/c1-3-7-13(4-2)18-14-8-9-16(15(17)12-14)19-10-5-6-11-19/h8-9,12-13,18H,3-7,10-11H2,1-2H3. The molecule has 1 aromatic carbocycles. The van der Waals surface area contributed by atoms with Crippen LogP contribution in [-0.4, -0.2) is 19.1 Å². The van der Waals surface area contributed by atoms with Crippen molar-refractivity contribution in [1.29, 1.82) is 0 Å². The molecule has 0 radical (unpaired) electrons. The molecule has 1 N–H and O–H groups in total. The minimum atomic E-state index is -0.0988. The normalized spacial score (nSPS) is 16.7. The second-order valence-electron chi connectivity index (χ2n) is 5.40. The van der Waals surface area contributed by atoms with Crippen molar-refractivity contribution in [3.8, 4) is 0 Å². The summed E-state index contributed by atoms with van der Waals surface area (Å²) in [6.45, 7) is 6.32. The minimum absolute atomic E-state index is 0.0988. The fraction of sp³-hybridized carbons (Fsp3) is 0.625. The van der Waals surface area contributed by atoms with E-state index in [9.17, 15) is 4.39 Å². The van der Waals surface area contributed by atoms with Crippen LogP contribution in [0.2, 0.25) is 0 Å². The molecule has 1 aliphatic rings. The average molecular weight is 264 g/mol. The van der Waals surface area contributed by atoms with Crippen LogP contribution in [0, 0.1) is 5.82 Å². The second-order valence-corrected chi connectivity index (χ2v) is 5.40. The van der Waals surface area contributed by atoms with Crippen molar-refractivity contribution in [1.82, 2.24) is 0 Å². The van der Waals surface area contributed by atoms with E-state index in [-0.39, 0.29) is 5.82 Å². The lowest BCUT2D eigenvalue weighted by molar-refractivity contribution is 0.613. The first kappa shape index (κ1) is 14.2. The van der Waals surface area contributed by atoms with Gasteiger partial charge in [-0.15, -0.1) is 0 Å². The van der Waals surface area contributed by atoms with Crippen molar-refractivity contribution in [2.24, 2.45) is 0 Å². The largest absolute Gasteiger partial charge is 0.382 e. The molecule has 0 bridgehead atoms. The van der Waals surface area contributed by atoms with Crippen LogP contribution in [-0.2, 0) is 0 Å². The average Bonchev–Trinajstić information content (AvgIpc) is 2.92. The van der Waals surface area contributed by atoms with Gasteiger partial charge in [-0.05, 0) is 43.9 Å². The van der Waals surface area contributed by atoms with Crippen LogP contribution >= 0.6 is 0 Å². The number of halogens is 1. The van der Waals surface area contributed by atoms with E-state index in [2.05, 4.69) is 24.1 Å². The van der Waals surface area contributed by atoms with Crippen molar-refractivity contribution < 1.29 is 4.39 Å². The summed E-state index contributed by atoms with van der Waals surface area (Å²) >= 11 is 0. The minimum Gasteiger partial charge on any atom is -0.382 e. The molecule has 1 aliphatic heterocycles. The summed E-state index contributed by atoms with van der Waals surface area (Å²) in [5.74, 6) is -0.0988. The Morgan fingerprint density at radius 1 is 1.26 bits per heavy atom. The molecule has 1 unspecified atom stereocenters. The summed E-state index contributed by atoms with van der Waals surface area (Å²) < 4.78 is 14.2. The fourth-order valence-corrected chi connectivity index (χ4v) is 2.77. The molecule has 106 valence electrons. The Hall–Kier alpha value is -1.25. The van der Waals surface area contributed by atoms with E-state index in [4.69, 9.17) is 0 Å². The summed E-state index contributed by atoms with van der Waals surface area (Å²) in [4.78, 5) is 2.14. The first-order valence-electron chi connectivity index (χ1n) is 7.55. The molecular weight excluding hydrogens is 239 g/mol. The van der Waals surface area contributed by atoms with Gasteiger partial charge in [-0.3, -0.25) is 0 Å². The van der Waals surface area contributed by atoms with Gasteiger partial charge >= 0.3 is 0 Å². The van der Waals surface area contributed by atoms with E-state index < -0.39 is 0 Å². The van der Waals surface area contributed by atoms with Gasteiger partial charge < -0.3 is 10.2 Å². The lowest BCUT2D eigenvalue weighted by Gasteiger charge is -2.21. The number of hydrogen-bond acceptors (Lipinski definition) is 2. The number of nitrogens with zero attached hydrogens (tertiary/aromatic N) is 1. The third-order valence-electron chi connectivity index (χ3n) is 3.90. The van der Waals surface area contributed by atoms with Gasteiger partial charge in [0.05, 0.1) is 5.69 Å². The van der Waals surface area contributed by atoms with E-state index >= 15 is 0 Å². The summed E-state index contributed by atoms with van der Waals surface area (Å²) in [7, 11) is 0. The molecule has 1 fully saturated rings. The number of rotatable bonds is 6. The molecule has 1 atom stereocenters. The fourth-order valence-electron chi connectivity index (χ4n) is 2.77. The highest BCUT2D eigenvalue weighted by Gasteiger charge is 2.16. The van der Waals surface area contributed by atoms with Gasteiger partial charge in [0.1, 0.15) is 5.82 Å². The third-order valence-corrected chi connectivity index (χ3v) is 3.90. The summed E-state index contributed by atoms with van der Waals surface area (Å²) in [6.07, 6.45) is 5.71. The van der Waals surface area contributed by atoms with E-state index in [1.165, 1.54) is 12.8 Å². The quantitative estimate of drug-likeness (QED) is 0.818. The summed E-state index contributed by atoms with van der Waals surface area (Å²) in [5, 5.41) is 3.43. The maximum absolute atomic E-state index is 14.2. The van der Waals surface area contributed by atoms with Gasteiger partial charge in [0.25, 0.3) is 0 Å². The first-order chi connectivity index (χ1) is 9.24. The molecule has 0 aliphatic carbocycles. The predicted octanol–water partition coefficient (Wildman–Crippen LogP) is 4.42. The monoisotopic (exact) mass is 264 g/mol. The molecular formula is C16H25FN2. The Labute approximate surface area is 116 Å². The molecule has 2 nitrogen and oxygen atoms in total. The molecule has 1 heterocycles. The zero-order valence-corrected chi connectivity index (χ0v) is 12.1. The van der Waals surface area contributed by atoms with Crippen LogP contribution in [0.1, 0.15) is 46.0 Å². The lowest BCUT2D eigenvalue weighted by atomic mass is 10.1. The molecule has 1 aromatic rings. The predicted molar refractivity (Wildman–Crippen MR) is 80.5 cm³/mol. The molecule has 0 spiro atoms. The Kier molecular flexibility index (Phi) is 5.06. The van der Waals surface area contributed by atoms with E-state index in [1.54, 1.807) is 6.07 Å². The van der Waals surface area contributed by atoms with Crippen molar-refractivity contribution in [3.05, 3.63) is 24.0 Å². The number of benzene rings is 1. The van der Waals surface area contributed by atoms with E-state index in [0.717, 1.165) is 43.7 Å². The SMILES string of the molecule is CCCC(CC)Nc1ccc(N2CCCC2)c(F)c1. The van der Waals surface area contributed by atoms with Crippen LogP contribution in [0.4, 0.5) is 15.8 Å². The highest BCUT2D eigenvalue weighted by Crippen LogP contribution is 2.26. The topological polar surface area (TPSA) is 15.3 Å². The smallest absolute Gasteiger partial charge is 0.148 e. The van der Waals surface area contributed by atoms with Gasteiger partial charge in [-0.2, -0.15) is 0 Å². The van der Waals surface area contributed by atoms with Crippen molar-refractivity contribution in [2.45, 2.75) is 52.0 Å². The van der Waals surface area contributed by atoms with E-state index in [0.29, 0.717) is 6.04 Å². The van der Waals surface area contributed by atoms with Gasteiger partial charge in [0.2, 0.25) is 0 Å². The molecule has 19 heavy (non-hydrogen) atoms. The Balaban J connectivity index is 2.05. The number of nitrogens with one attached hydrogen (secondary N) is 1. The first-order valence-corrected chi connectivity index (χ1v) is 7.55. The van der Waals surface area contributed by atoms with Crippen LogP contribution in [0.3, 0.4) is 0 Å². The lowest BCUT2D eigenvalue weighted by Crippen LogP contribution is -2.20. The van der Waals surface area contributed by atoms with Gasteiger partial charge in [-0.1, -0.05) is 20.3 Å². The van der Waals surface area contributed by atoms with Crippen LogP contribution < -0.4 is 10.2 Å². The molecule has 1 saturated heterocycles. The highest BCUT2D eigenvalue weighted by atomic mass is 19.1. The highest BCUT2D eigenvalue weighted by molar-refractivity contribution is 5.57. The van der Waals surface area contributed by atoms with Crippen LogP contribution in [0.5, 0.6) is 0 Å². The van der Waals surface area contributed by atoms with Crippen molar-refractivity contribution in [2.75, 3.05) is 23.3 Å². The van der Waals surface area contributed by atoms with Crippen molar-refractivity contribution >= 4 is 11.4 Å². The maximum Gasteiger partial charge on any atom is 0.148 e. The second kappa shape index (κ2) is 6.78. The molecule has 3 heteroatoms. The van der Waals surface area contributed by atoms with Crippen molar-refractivity contribution in [3.63, 3.8) is 0 Å². The van der Waals surface area contributed by atoms with Gasteiger partial charge in [-0.25, -0.2) is 4.39 Å². The third kappa shape index (κ3) is 3.62. The maximum atomic E-state index is 14.2. The van der Waals surface area contributed by atoms with Crippen LogP contribution in [0.25, 0.3) is 0 Å². The Bertz CT molecular complexity index is 400. The molecule has 0 saturated carbocycles. The summed E-state index contributed by atoms with van der Waals surface area (Å²) in [6, 6.07) is 6.02. The molecule has 0 aromatic heterocycles. The Morgan fingerprint density at radius 3 is 2.58 bits per heavy atom.